The van der Waals surface area contributed by atoms with Gasteiger partial charge in [0.15, 0.2) is 5.82 Å². The quantitative estimate of drug-likeness (QED) is 0.116. The van der Waals surface area contributed by atoms with Crippen LogP contribution in [0.25, 0.3) is 22.2 Å². The lowest BCUT2D eigenvalue weighted by Crippen LogP contribution is -2.44. The molecule has 7 heterocycles. The maximum atomic E-state index is 14.7. The number of benzene rings is 2. The van der Waals surface area contributed by atoms with E-state index in [1.54, 1.807) is 41.7 Å². The van der Waals surface area contributed by atoms with Gasteiger partial charge < -0.3 is 14.7 Å². The van der Waals surface area contributed by atoms with Gasteiger partial charge in [0.05, 0.1) is 29.8 Å². The minimum atomic E-state index is -2.69. The smallest absolute Gasteiger partial charge is 0.329 e. The van der Waals surface area contributed by atoms with E-state index in [2.05, 4.69) is 20.0 Å². The normalized spacial score (nSPS) is 18.3. The number of imidazole rings is 1. The summed E-state index contributed by atoms with van der Waals surface area (Å²) in [5.41, 5.74) is 6.00. The van der Waals surface area contributed by atoms with Gasteiger partial charge in [0, 0.05) is 100 Å². The number of anilines is 2. The minimum absolute atomic E-state index is 0.0165. The molecule has 4 amide bonds. The van der Waals surface area contributed by atoms with Crippen LogP contribution in [-0.2, 0) is 52.2 Å². The van der Waals surface area contributed by atoms with Gasteiger partial charge in [0.25, 0.3) is 6.43 Å². The Bertz CT molecular complexity index is 2640. The summed E-state index contributed by atoms with van der Waals surface area (Å²) in [6, 6.07) is 10.2. The Morgan fingerprint density at radius 3 is 2.41 bits per heavy atom. The van der Waals surface area contributed by atoms with Crippen molar-refractivity contribution < 1.29 is 28.0 Å². The Hall–Kier alpha value is -6.13. The Morgan fingerprint density at radius 1 is 0.905 bits per heavy atom. The van der Waals surface area contributed by atoms with Gasteiger partial charge in [0.2, 0.25) is 23.6 Å². The van der Waals surface area contributed by atoms with E-state index in [1.165, 1.54) is 4.57 Å². The molecule has 1 atom stereocenters. The highest BCUT2D eigenvalue weighted by atomic mass is 19.3. The number of imide groups is 1. The number of halogens is 2. The number of para-hydroxylation sites is 2. The third-order valence-electron chi connectivity index (χ3n) is 13.5. The summed E-state index contributed by atoms with van der Waals surface area (Å²) in [5.74, 6) is 0.0532. The van der Waals surface area contributed by atoms with Crippen LogP contribution < -0.4 is 15.9 Å². The van der Waals surface area contributed by atoms with Crippen molar-refractivity contribution in [3.63, 3.8) is 0 Å². The fourth-order valence-corrected chi connectivity index (χ4v) is 10.2. The number of likely N-dealkylation sites (tertiary alicyclic amines) is 1. The van der Waals surface area contributed by atoms with Crippen molar-refractivity contribution in [3.05, 3.63) is 81.7 Å². The molecule has 9 rings (SSSR count). The molecule has 0 saturated carbocycles. The van der Waals surface area contributed by atoms with E-state index < -0.39 is 18.4 Å². The number of aromatic nitrogens is 6. The van der Waals surface area contributed by atoms with Crippen LogP contribution >= 0.6 is 0 Å². The number of alkyl halides is 2. The molecule has 5 aromatic rings. The number of nitrogens with one attached hydrogen (secondary N) is 1. The highest BCUT2D eigenvalue weighted by Gasteiger charge is 2.36. The van der Waals surface area contributed by atoms with E-state index in [-0.39, 0.29) is 47.9 Å². The first-order valence-electron chi connectivity index (χ1n) is 22.3. The molecule has 3 aromatic heterocycles. The molecule has 0 aliphatic carbocycles. The largest absolute Gasteiger partial charge is 0.343 e. The Morgan fingerprint density at radius 2 is 1.68 bits per heavy atom. The number of amides is 4. The van der Waals surface area contributed by atoms with E-state index >= 15 is 0 Å². The summed E-state index contributed by atoms with van der Waals surface area (Å²) in [6.45, 7) is 4.87. The number of nitrogens with zero attached hydrogens (tertiary/aromatic N) is 9. The fourth-order valence-electron chi connectivity index (χ4n) is 10.2. The number of rotatable bonds is 12. The molecular formula is C46H54F2N10O5. The molecule has 0 radical (unpaired) electrons. The molecular weight excluding hydrogens is 811 g/mol. The number of unbranched alkanes of at least 4 members (excludes halogenated alkanes) is 3. The Balaban J connectivity index is 0.834. The first-order valence-corrected chi connectivity index (χ1v) is 22.3. The minimum Gasteiger partial charge on any atom is -0.343 e. The van der Waals surface area contributed by atoms with E-state index in [0.717, 1.165) is 85.2 Å². The molecule has 1 N–H and O–H groups in total. The van der Waals surface area contributed by atoms with Gasteiger partial charge in [-0.3, -0.25) is 43.0 Å². The summed E-state index contributed by atoms with van der Waals surface area (Å²) in [4.78, 5) is 69.9. The first-order chi connectivity index (χ1) is 30.5. The molecule has 0 spiro atoms. The summed E-state index contributed by atoms with van der Waals surface area (Å²) in [5, 5.41) is 11.8. The molecule has 2 fully saturated rings. The van der Waals surface area contributed by atoms with Gasteiger partial charge in [-0.2, -0.15) is 10.2 Å². The Labute approximate surface area is 363 Å². The van der Waals surface area contributed by atoms with Crippen LogP contribution in [0.4, 0.5) is 20.3 Å². The zero-order valence-corrected chi connectivity index (χ0v) is 35.9. The van der Waals surface area contributed by atoms with Crippen LogP contribution in [0.3, 0.4) is 0 Å². The number of carbonyl (C=O) groups is 4. The highest BCUT2D eigenvalue weighted by molar-refractivity contribution is 6.00. The summed E-state index contributed by atoms with van der Waals surface area (Å²) >= 11 is 0. The van der Waals surface area contributed by atoms with E-state index in [9.17, 15) is 32.8 Å². The molecule has 1 unspecified atom stereocenters. The highest BCUT2D eigenvalue weighted by Crippen LogP contribution is 2.44. The first kappa shape index (κ1) is 42.2. The predicted molar refractivity (Wildman–Crippen MR) is 232 cm³/mol. The number of carbonyl (C=O) groups excluding carboxylic acids is 4. The molecule has 63 heavy (non-hydrogen) atoms. The van der Waals surface area contributed by atoms with Gasteiger partial charge in [-0.05, 0) is 80.3 Å². The standard InChI is InChI=1S/C46H54F2N10O5/c1-29(59)54-23-18-36-35(28-54)44(55-20-9-10-30-24-33(31-26-49-52(2)27-31)34(43(47)48)25-40(30)55)51-58(36)32-16-21-53(22-17-32)42(61)13-5-3-4-8-19-56-37-11-6-7-12-38(37)57(46(56)63)39-14-15-41(60)50-45(39)62/h6-7,11-12,24-27,32,39,43H,3-5,8-10,13-23,28H2,1-2H3,(H,50,60,62). The van der Waals surface area contributed by atoms with Gasteiger partial charge in [-0.1, -0.05) is 25.0 Å². The van der Waals surface area contributed by atoms with Crippen molar-refractivity contribution in [2.75, 3.05) is 31.1 Å². The number of piperidine rings is 2. The lowest BCUT2D eigenvalue weighted by atomic mass is 9.92. The van der Waals surface area contributed by atoms with Gasteiger partial charge in [-0.25, -0.2) is 13.6 Å². The van der Waals surface area contributed by atoms with Gasteiger partial charge in [0.1, 0.15) is 6.04 Å². The average Bonchev–Trinajstić information content (AvgIpc) is 3.97. The number of hydrogen-bond donors (Lipinski definition) is 1. The maximum Gasteiger partial charge on any atom is 0.329 e. The van der Waals surface area contributed by atoms with Crippen molar-refractivity contribution in [2.24, 2.45) is 7.05 Å². The third-order valence-corrected chi connectivity index (χ3v) is 13.5. The van der Waals surface area contributed by atoms with Crippen LogP contribution in [0.1, 0.15) is 112 Å². The second-order valence-corrected chi connectivity index (χ2v) is 17.4. The van der Waals surface area contributed by atoms with Gasteiger partial charge >= 0.3 is 5.69 Å². The SMILES string of the molecule is CC(=O)N1CCc2c(c(N3CCCc4cc(-c5cnn(C)c5)c(C(F)F)cc43)nn2C2CCN(C(=O)CCCCCCn3c(=O)n(C4CCC(=O)NC4=O)c4ccccc43)CC2)C1. The second-order valence-electron chi connectivity index (χ2n) is 17.4. The van der Waals surface area contributed by atoms with E-state index in [4.69, 9.17) is 5.10 Å². The van der Waals surface area contributed by atoms with Crippen LogP contribution in [-0.4, -0.2) is 88.3 Å². The second kappa shape index (κ2) is 17.6. The van der Waals surface area contributed by atoms with Gasteiger partial charge in [-0.15, -0.1) is 0 Å². The maximum absolute atomic E-state index is 14.7. The third kappa shape index (κ3) is 8.17. The van der Waals surface area contributed by atoms with Crippen molar-refractivity contribution in [1.82, 2.24) is 43.8 Å². The average molecular weight is 865 g/mol. The zero-order valence-electron chi connectivity index (χ0n) is 35.9. The number of fused-ring (bicyclic) bond motifs is 3. The number of hydrogen-bond acceptors (Lipinski definition) is 8. The number of aryl methyl sites for hydroxylation is 3. The van der Waals surface area contributed by atoms with Crippen LogP contribution in [0, 0.1) is 0 Å². The lowest BCUT2D eigenvalue weighted by molar-refractivity contribution is -0.136. The van der Waals surface area contributed by atoms with Crippen molar-refractivity contribution in [3.8, 4) is 11.1 Å². The van der Waals surface area contributed by atoms with E-state index in [1.807, 2.05) is 40.1 Å². The molecule has 15 nitrogen and oxygen atoms in total. The molecule has 332 valence electrons. The summed E-state index contributed by atoms with van der Waals surface area (Å²) in [7, 11) is 1.77. The molecule has 2 aromatic carbocycles. The monoisotopic (exact) mass is 864 g/mol. The Kier molecular flexibility index (Phi) is 11.8. The predicted octanol–water partition coefficient (Wildman–Crippen LogP) is 6.12. The molecule has 4 aliphatic rings. The lowest BCUT2D eigenvalue weighted by Gasteiger charge is -2.34. The van der Waals surface area contributed by atoms with Crippen molar-refractivity contribution in [1.29, 1.82) is 0 Å². The van der Waals surface area contributed by atoms with Crippen molar-refractivity contribution >= 4 is 46.2 Å². The zero-order chi connectivity index (χ0) is 43.9. The molecule has 0 bridgehead atoms. The summed E-state index contributed by atoms with van der Waals surface area (Å²) in [6.07, 6.45) is 8.44. The molecule has 17 heteroatoms. The van der Waals surface area contributed by atoms with Crippen LogP contribution in [0.2, 0.25) is 0 Å². The van der Waals surface area contributed by atoms with Crippen molar-refractivity contribution in [2.45, 2.75) is 116 Å². The van der Waals surface area contributed by atoms with E-state index in [0.29, 0.717) is 68.8 Å². The van der Waals surface area contributed by atoms with Crippen LogP contribution in [0.15, 0.2) is 53.6 Å². The summed E-state index contributed by atoms with van der Waals surface area (Å²) < 4.78 is 36.4. The fraction of sp³-hybridized carbons (Fsp3) is 0.500. The molecule has 2 saturated heterocycles. The topological polar surface area (TPSA) is 153 Å². The molecule has 4 aliphatic heterocycles. The van der Waals surface area contributed by atoms with Crippen LogP contribution in [0.5, 0.6) is 0 Å².